The fourth-order valence-electron chi connectivity index (χ4n) is 2.26. The summed E-state index contributed by atoms with van der Waals surface area (Å²) in [7, 11) is 4.53. The molecule has 2 amide bonds. The summed E-state index contributed by atoms with van der Waals surface area (Å²) < 4.78 is 15.7. The zero-order chi connectivity index (χ0) is 20.5. The minimum Gasteiger partial charge on any atom is -0.496 e. The number of benzene rings is 2. The SMILES string of the molecule is COc1cc(OC)c(OC)cc1/C=N\NC(=O)CNC(=O)c1cccc(Cl)c1. The highest BCUT2D eigenvalue weighted by Crippen LogP contribution is 2.33. The van der Waals surface area contributed by atoms with Crippen LogP contribution in [0.15, 0.2) is 41.5 Å². The highest BCUT2D eigenvalue weighted by atomic mass is 35.5. The molecule has 148 valence electrons. The number of carbonyl (C=O) groups excluding carboxylic acids is 2. The van der Waals surface area contributed by atoms with Gasteiger partial charge in [-0.25, -0.2) is 5.43 Å². The van der Waals surface area contributed by atoms with Crippen LogP contribution in [0.4, 0.5) is 0 Å². The Hall–Kier alpha value is -3.26. The van der Waals surface area contributed by atoms with Crippen molar-refractivity contribution in [3.05, 3.63) is 52.5 Å². The van der Waals surface area contributed by atoms with Gasteiger partial charge >= 0.3 is 0 Å². The van der Waals surface area contributed by atoms with E-state index in [0.717, 1.165) is 0 Å². The van der Waals surface area contributed by atoms with Crippen molar-refractivity contribution in [2.75, 3.05) is 27.9 Å². The van der Waals surface area contributed by atoms with Gasteiger partial charge in [0.05, 0.1) is 34.1 Å². The summed E-state index contributed by atoms with van der Waals surface area (Å²) in [6.07, 6.45) is 1.40. The van der Waals surface area contributed by atoms with E-state index in [-0.39, 0.29) is 6.54 Å². The average molecular weight is 406 g/mol. The van der Waals surface area contributed by atoms with Gasteiger partial charge in [-0.1, -0.05) is 17.7 Å². The lowest BCUT2D eigenvalue weighted by Gasteiger charge is -2.11. The minimum absolute atomic E-state index is 0.244. The number of methoxy groups -OCH3 is 3. The lowest BCUT2D eigenvalue weighted by molar-refractivity contribution is -0.120. The lowest BCUT2D eigenvalue weighted by Crippen LogP contribution is -2.34. The second-order valence-electron chi connectivity index (χ2n) is 5.44. The number of nitrogens with one attached hydrogen (secondary N) is 2. The third kappa shape index (κ3) is 5.62. The maximum absolute atomic E-state index is 12.0. The average Bonchev–Trinajstić information content (AvgIpc) is 2.71. The molecule has 0 aliphatic heterocycles. The fourth-order valence-corrected chi connectivity index (χ4v) is 2.45. The van der Waals surface area contributed by atoms with Gasteiger partial charge in [0.2, 0.25) is 0 Å². The van der Waals surface area contributed by atoms with Crippen molar-refractivity contribution in [2.24, 2.45) is 5.10 Å². The number of nitrogens with zero attached hydrogens (tertiary/aromatic N) is 1. The predicted molar refractivity (Wildman–Crippen MR) is 106 cm³/mol. The van der Waals surface area contributed by atoms with E-state index in [0.29, 0.717) is 33.4 Å². The van der Waals surface area contributed by atoms with Crippen molar-refractivity contribution in [2.45, 2.75) is 0 Å². The Bertz CT molecular complexity index is 886. The van der Waals surface area contributed by atoms with Crippen molar-refractivity contribution < 1.29 is 23.8 Å². The molecule has 8 nitrogen and oxygen atoms in total. The van der Waals surface area contributed by atoms with Crippen LogP contribution in [-0.2, 0) is 4.79 Å². The molecule has 0 bridgehead atoms. The molecular weight excluding hydrogens is 386 g/mol. The Morgan fingerprint density at radius 1 is 1.04 bits per heavy atom. The number of hydrazone groups is 1. The molecule has 0 saturated heterocycles. The first-order valence-electron chi connectivity index (χ1n) is 8.14. The number of carbonyl (C=O) groups is 2. The van der Waals surface area contributed by atoms with Crippen LogP contribution in [0.3, 0.4) is 0 Å². The maximum Gasteiger partial charge on any atom is 0.259 e. The molecule has 28 heavy (non-hydrogen) atoms. The van der Waals surface area contributed by atoms with Crippen molar-refractivity contribution >= 4 is 29.6 Å². The van der Waals surface area contributed by atoms with E-state index < -0.39 is 11.8 Å². The Morgan fingerprint density at radius 3 is 2.36 bits per heavy atom. The quantitative estimate of drug-likeness (QED) is 0.518. The number of rotatable bonds is 8. The summed E-state index contributed by atoms with van der Waals surface area (Å²) in [5.74, 6) is 0.577. The van der Waals surface area contributed by atoms with Gasteiger partial charge in [-0.3, -0.25) is 9.59 Å². The number of amides is 2. The molecule has 0 fully saturated rings. The van der Waals surface area contributed by atoms with E-state index in [4.69, 9.17) is 25.8 Å². The molecule has 0 spiro atoms. The van der Waals surface area contributed by atoms with Gasteiger partial charge in [-0.05, 0) is 24.3 Å². The van der Waals surface area contributed by atoms with Crippen LogP contribution < -0.4 is 25.0 Å². The summed E-state index contributed by atoms with van der Waals surface area (Å²) in [5.41, 5.74) is 3.26. The molecule has 0 saturated carbocycles. The Balaban J connectivity index is 1.95. The summed E-state index contributed by atoms with van der Waals surface area (Å²) >= 11 is 5.84. The molecule has 0 unspecified atom stereocenters. The van der Waals surface area contributed by atoms with Crippen LogP contribution in [0.1, 0.15) is 15.9 Å². The molecule has 0 atom stereocenters. The third-order valence-corrected chi connectivity index (χ3v) is 3.86. The monoisotopic (exact) mass is 405 g/mol. The molecule has 0 aliphatic rings. The third-order valence-electron chi connectivity index (χ3n) is 3.63. The van der Waals surface area contributed by atoms with Crippen molar-refractivity contribution in [1.29, 1.82) is 0 Å². The molecule has 0 radical (unpaired) electrons. The Morgan fingerprint density at radius 2 is 1.71 bits per heavy atom. The lowest BCUT2D eigenvalue weighted by atomic mass is 10.2. The molecular formula is C19H20ClN3O5. The second kappa shape index (κ2) is 10.2. The maximum atomic E-state index is 12.0. The predicted octanol–water partition coefficient (Wildman–Crippen LogP) is 2.25. The van der Waals surface area contributed by atoms with Gasteiger partial charge in [0.15, 0.2) is 11.5 Å². The second-order valence-corrected chi connectivity index (χ2v) is 5.87. The van der Waals surface area contributed by atoms with Crippen LogP contribution in [0, 0.1) is 0 Å². The van der Waals surface area contributed by atoms with Crippen molar-refractivity contribution in [3.63, 3.8) is 0 Å². The Kier molecular flexibility index (Phi) is 7.65. The van der Waals surface area contributed by atoms with Crippen LogP contribution in [0.2, 0.25) is 5.02 Å². The Labute approximate surface area is 167 Å². The largest absolute Gasteiger partial charge is 0.496 e. The molecule has 2 N–H and O–H groups in total. The summed E-state index contributed by atoms with van der Waals surface area (Å²) in [4.78, 5) is 23.9. The first-order valence-corrected chi connectivity index (χ1v) is 8.52. The normalized spacial score (nSPS) is 10.4. The molecule has 2 aromatic rings. The zero-order valence-corrected chi connectivity index (χ0v) is 16.4. The number of hydrogen-bond donors (Lipinski definition) is 2. The standard InChI is InChI=1S/C19H20ClN3O5/c1-26-15-9-17(28-3)16(27-2)8-13(15)10-22-23-18(24)11-21-19(25)12-5-4-6-14(20)7-12/h4-10H,11H2,1-3H3,(H,21,25)(H,23,24)/b22-10-. The van der Waals surface area contributed by atoms with Gasteiger partial charge in [-0.2, -0.15) is 5.10 Å². The molecule has 9 heteroatoms. The summed E-state index contributed by atoms with van der Waals surface area (Å²) in [5, 5.41) is 6.79. The first kappa shape index (κ1) is 21.0. The highest BCUT2D eigenvalue weighted by Gasteiger charge is 2.11. The van der Waals surface area contributed by atoms with E-state index in [9.17, 15) is 9.59 Å². The molecule has 2 rings (SSSR count). The van der Waals surface area contributed by atoms with Crippen molar-refractivity contribution in [3.8, 4) is 17.2 Å². The minimum atomic E-state index is -0.494. The van der Waals surface area contributed by atoms with E-state index in [1.807, 2.05) is 0 Å². The van der Waals surface area contributed by atoms with E-state index >= 15 is 0 Å². The van der Waals surface area contributed by atoms with Crippen LogP contribution in [0.5, 0.6) is 17.2 Å². The molecule has 0 aromatic heterocycles. The van der Waals surface area contributed by atoms with Gasteiger partial charge in [0, 0.05) is 22.2 Å². The van der Waals surface area contributed by atoms with Gasteiger partial charge in [0.1, 0.15) is 5.75 Å². The summed E-state index contributed by atoms with van der Waals surface area (Å²) in [6, 6.07) is 9.72. The van der Waals surface area contributed by atoms with Crippen LogP contribution in [-0.4, -0.2) is 45.9 Å². The van der Waals surface area contributed by atoms with Crippen LogP contribution in [0.25, 0.3) is 0 Å². The highest BCUT2D eigenvalue weighted by molar-refractivity contribution is 6.31. The van der Waals surface area contributed by atoms with Crippen molar-refractivity contribution in [1.82, 2.24) is 10.7 Å². The molecule has 2 aromatic carbocycles. The topological polar surface area (TPSA) is 98.2 Å². The number of hydrogen-bond acceptors (Lipinski definition) is 6. The summed E-state index contributed by atoms with van der Waals surface area (Å²) in [6.45, 7) is -0.244. The zero-order valence-electron chi connectivity index (χ0n) is 15.6. The van der Waals surface area contributed by atoms with Crippen LogP contribution >= 0.6 is 11.6 Å². The molecule has 0 aliphatic carbocycles. The first-order chi connectivity index (χ1) is 13.5. The van der Waals surface area contributed by atoms with Gasteiger partial charge in [-0.15, -0.1) is 0 Å². The van der Waals surface area contributed by atoms with Gasteiger partial charge < -0.3 is 19.5 Å². The molecule has 0 heterocycles. The fraction of sp³-hybridized carbons (Fsp3) is 0.211. The number of halogens is 1. The van der Waals surface area contributed by atoms with Gasteiger partial charge in [0.25, 0.3) is 11.8 Å². The smallest absolute Gasteiger partial charge is 0.259 e. The van der Waals surface area contributed by atoms with E-state index in [1.165, 1.54) is 33.6 Å². The van der Waals surface area contributed by atoms with E-state index in [1.54, 1.807) is 30.3 Å². The number of ether oxygens (including phenoxy) is 3. The van der Waals surface area contributed by atoms with E-state index in [2.05, 4.69) is 15.8 Å².